The van der Waals surface area contributed by atoms with Crippen LogP contribution >= 0.6 is 0 Å². The van der Waals surface area contributed by atoms with Gasteiger partial charge in [0.25, 0.3) is 0 Å². The minimum atomic E-state index is -0.725. The summed E-state index contributed by atoms with van der Waals surface area (Å²) in [7, 11) is 4.69. The molecule has 4 rings (SSSR count). The van der Waals surface area contributed by atoms with E-state index in [1.807, 2.05) is 19.9 Å². The van der Waals surface area contributed by atoms with Crippen LogP contribution in [0.15, 0.2) is 51.6 Å². The summed E-state index contributed by atoms with van der Waals surface area (Å²) in [5.74, 6) is 2.32. The lowest BCUT2D eigenvalue weighted by Crippen LogP contribution is -2.21. The second-order valence-electron chi connectivity index (χ2n) is 8.54. The summed E-state index contributed by atoms with van der Waals surface area (Å²) in [6.45, 7) is 5.85. The largest absolute Gasteiger partial charge is 0.496 e. The molecule has 0 saturated carbocycles. The van der Waals surface area contributed by atoms with Crippen molar-refractivity contribution >= 4 is 11.0 Å². The third-order valence-corrected chi connectivity index (χ3v) is 5.63. The van der Waals surface area contributed by atoms with Crippen molar-refractivity contribution in [1.29, 1.82) is 0 Å². The molecule has 8 nitrogen and oxygen atoms in total. The first kappa shape index (κ1) is 24.3. The Morgan fingerprint density at radius 2 is 1.74 bits per heavy atom. The second-order valence-corrected chi connectivity index (χ2v) is 8.54. The van der Waals surface area contributed by atoms with Crippen LogP contribution in [-0.4, -0.2) is 33.7 Å². The highest BCUT2D eigenvalue weighted by Crippen LogP contribution is 2.40. The molecule has 35 heavy (non-hydrogen) atoms. The molecule has 1 aliphatic heterocycles. The monoisotopic (exact) mass is 482 g/mol. The molecule has 0 unspecified atom stereocenters. The van der Waals surface area contributed by atoms with E-state index in [9.17, 15) is 4.79 Å². The predicted octanol–water partition coefficient (Wildman–Crippen LogP) is 5.44. The van der Waals surface area contributed by atoms with Crippen molar-refractivity contribution in [2.75, 3.05) is 27.9 Å². The lowest BCUT2D eigenvalue weighted by molar-refractivity contribution is -0.119. The Hall–Kier alpha value is -3.81. The average Bonchev–Trinajstić information content (AvgIpc) is 3.20. The van der Waals surface area contributed by atoms with Crippen LogP contribution < -0.4 is 24.4 Å². The standard InChI is InChI=1S/C27H30O8/c1-7-8-19-18(9-10-21(29-4)26(19)31-6)22-13-20(28)25-23(30-5)11-16(12-24(25)34-22)32-14-17-15-33-27(2,3)35-17/h9-13,15H,7-8,14H2,1-6H3. The van der Waals surface area contributed by atoms with Gasteiger partial charge in [0.1, 0.15) is 41.1 Å². The first-order valence-electron chi connectivity index (χ1n) is 11.4. The fraction of sp³-hybridized carbons (Fsp3) is 0.370. The van der Waals surface area contributed by atoms with E-state index in [0.29, 0.717) is 45.5 Å². The Morgan fingerprint density at radius 3 is 2.37 bits per heavy atom. The molecule has 0 radical (unpaired) electrons. The van der Waals surface area contributed by atoms with Gasteiger partial charge in [-0.1, -0.05) is 13.3 Å². The van der Waals surface area contributed by atoms with Gasteiger partial charge in [0.05, 0.1) is 21.3 Å². The molecule has 3 aromatic rings. The Labute approximate surface area is 204 Å². The summed E-state index contributed by atoms with van der Waals surface area (Å²) in [4.78, 5) is 13.2. The van der Waals surface area contributed by atoms with E-state index in [2.05, 4.69) is 6.92 Å². The summed E-state index contributed by atoms with van der Waals surface area (Å²) in [5, 5.41) is 0.335. The normalized spacial score (nSPS) is 14.2. The molecule has 8 heteroatoms. The van der Waals surface area contributed by atoms with Gasteiger partial charge in [0.15, 0.2) is 22.7 Å². The number of methoxy groups -OCH3 is 3. The summed E-state index contributed by atoms with van der Waals surface area (Å²) in [5.41, 5.74) is 1.79. The highest BCUT2D eigenvalue weighted by atomic mass is 16.7. The molecule has 0 fully saturated rings. The highest BCUT2D eigenvalue weighted by Gasteiger charge is 2.28. The summed E-state index contributed by atoms with van der Waals surface area (Å²) >= 11 is 0. The van der Waals surface area contributed by atoms with Crippen molar-refractivity contribution in [1.82, 2.24) is 0 Å². The Kier molecular flexibility index (Phi) is 6.82. The van der Waals surface area contributed by atoms with Crippen LogP contribution in [0.2, 0.25) is 0 Å². The quantitative estimate of drug-likeness (QED) is 0.399. The lowest BCUT2D eigenvalue weighted by atomic mass is 9.98. The molecule has 2 aromatic carbocycles. The molecular weight excluding hydrogens is 452 g/mol. The van der Waals surface area contributed by atoms with E-state index in [-0.39, 0.29) is 12.0 Å². The maximum atomic E-state index is 13.2. The van der Waals surface area contributed by atoms with Crippen LogP contribution in [0.5, 0.6) is 23.0 Å². The number of fused-ring (bicyclic) bond motifs is 1. The maximum absolute atomic E-state index is 13.2. The van der Waals surface area contributed by atoms with Gasteiger partial charge in [-0.2, -0.15) is 0 Å². The maximum Gasteiger partial charge on any atom is 0.244 e. The van der Waals surface area contributed by atoms with Gasteiger partial charge >= 0.3 is 0 Å². The van der Waals surface area contributed by atoms with Crippen molar-refractivity contribution in [2.45, 2.75) is 39.4 Å². The van der Waals surface area contributed by atoms with Crippen LogP contribution in [0.1, 0.15) is 32.8 Å². The van der Waals surface area contributed by atoms with Crippen molar-refractivity contribution in [3.8, 4) is 34.3 Å². The van der Waals surface area contributed by atoms with Gasteiger partial charge < -0.3 is 32.8 Å². The minimum absolute atomic E-state index is 0.151. The Morgan fingerprint density at radius 1 is 0.971 bits per heavy atom. The van der Waals surface area contributed by atoms with E-state index in [4.69, 9.17) is 32.8 Å². The summed E-state index contributed by atoms with van der Waals surface area (Å²) < 4.78 is 39.8. The molecule has 0 spiro atoms. The lowest BCUT2D eigenvalue weighted by Gasteiger charge is -2.18. The van der Waals surface area contributed by atoms with Gasteiger partial charge in [0.2, 0.25) is 5.79 Å². The van der Waals surface area contributed by atoms with Gasteiger partial charge in [-0.3, -0.25) is 4.79 Å². The minimum Gasteiger partial charge on any atom is -0.496 e. The fourth-order valence-electron chi connectivity index (χ4n) is 4.11. The third kappa shape index (κ3) is 4.87. The molecule has 0 saturated heterocycles. The number of ether oxygens (including phenoxy) is 6. The van der Waals surface area contributed by atoms with Crippen LogP contribution in [0, 0.1) is 0 Å². The number of hydrogen-bond donors (Lipinski definition) is 0. The topological polar surface area (TPSA) is 85.6 Å². The fourth-order valence-corrected chi connectivity index (χ4v) is 4.11. The van der Waals surface area contributed by atoms with Crippen molar-refractivity contribution < 1.29 is 32.8 Å². The van der Waals surface area contributed by atoms with Crippen LogP contribution in [0.4, 0.5) is 0 Å². The number of hydrogen-bond acceptors (Lipinski definition) is 8. The van der Waals surface area contributed by atoms with Crippen LogP contribution in [0.3, 0.4) is 0 Å². The zero-order valence-electron chi connectivity index (χ0n) is 20.9. The first-order valence-corrected chi connectivity index (χ1v) is 11.4. The molecule has 2 heterocycles. The Bertz CT molecular complexity index is 1320. The smallest absolute Gasteiger partial charge is 0.244 e. The first-order chi connectivity index (χ1) is 16.8. The van der Waals surface area contributed by atoms with Crippen molar-refractivity contribution in [2.24, 2.45) is 0 Å². The van der Waals surface area contributed by atoms with Gasteiger partial charge in [-0.05, 0) is 18.6 Å². The molecule has 1 aliphatic rings. The summed E-state index contributed by atoms with van der Waals surface area (Å²) in [6, 6.07) is 8.47. The zero-order valence-corrected chi connectivity index (χ0v) is 20.9. The number of benzene rings is 2. The predicted molar refractivity (Wildman–Crippen MR) is 131 cm³/mol. The van der Waals surface area contributed by atoms with Crippen molar-refractivity contribution in [3.63, 3.8) is 0 Å². The molecule has 0 atom stereocenters. The molecule has 186 valence electrons. The molecule has 0 aliphatic carbocycles. The second kappa shape index (κ2) is 9.82. The van der Waals surface area contributed by atoms with E-state index in [1.54, 1.807) is 32.4 Å². The molecule has 0 bridgehead atoms. The third-order valence-electron chi connectivity index (χ3n) is 5.63. The molecule has 1 aromatic heterocycles. The van der Waals surface area contributed by atoms with Crippen LogP contribution in [0.25, 0.3) is 22.3 Å². The molecule has 0 amide bonds. The Balaban J connectivity index is 1.78. The SMILES string of the molecule is CCCc1c(-c2cc(=O)c3c(OC)cc(OCC4=COC(C)(C)O4)cc3o2)ccc(OC)c1OC. The van der Waals surface area contributed by atoms with Crippen LogP contribution in [-0.2, 0) is 15.9 Å². The highest BCUT2D eigenvalue weighted by molar-refractivity contribution is 5.87. The number of rotatable bonds is 9. The van der Waals surface area contributed by atoms with Gasteiger partial charge in [-0.25, -0.2) is 0 Å². The van der Waals surface area contributed by atoms with Crippen molar-refractivity contribution in [3.05, 3.63) is 58.1 Å². The molecular formula is C27H30O8. The summed E-state index contributed by atoms with van der Waals surface area (Å²) in [6.07, 6.45) is 3.12. The van der Waals surface area contributed by atoms with Gasteiger partial charge in [-0.15, -0.1) is 0 Å². The van der Waals surface area contributed by atoms with E-state index < -0.39 is 5.79 Å². The zero-order chi connectivity index (χ0) is 25.2. The average molecular weight is 483 g/mol. The van der Waals surface area contributed by atoms with E-state index >= 15 is 0 Å². The van der Waals surface area contributed by atoms with E-state index in [1.165, 1.54) is 19.4 Å². The van der Waals surface area contributed by atoms with E-state index in [0.717, 1.165) is 24.0 Å². The molecule has 0 N–H and O–H groups in total. The van der Waals surface area contributed by atoms with Gasteiger partial charge in [0, 0.05) is 43.2 Å².